The minimum Gasteiger partial charge on any atom is -0.497 e. The van der Waals surface area contributed by atoms with Crippen molar-refractivity contribution in [2.24, 2.45) is 25.7 Å². The topological polar surface area (TPSA) is 100 Å². The number of anilines is 1. The van der Waals surface area contributed by atoms with Gasteiger partial charge in [-0.2, -0.15) is 4.99 Å². The second-order valence-corrected chi connectivity index (χ2v) is 8.25. The first kappa shape index (κ1) is 23.3. The van der Waals surface area contributed by atoms with E-state index in [1.165, 1.54) is 11.8 Å². The molecule has 2 aliphatic heterocycles. The summed E-state index contributed by atoms with van der Waals surface area (Å²) in [5.74, 6) is 0.567. The molecule has 1 N–H and O–H groups in total. The number of rotatable bonds is 5. The van der Waals surface area contributed by atoms with Gasteiger partial charge < -0.3 is 10.1 Å². The Balaban J connectivity index is 0.00000259. The van der Waals surface area contributed by atoms with Crippen LogP contribution in [0.25, 0.3) is 16.8 Å². The van der Waals surface area contributed by atoms with Crippen molar-refractivity contribution in [1.29, 1.82) is 0 Å². The third-order valence-corrected chi connectivity index (χ3v) is 5.92. The van der Waals surface area contributed by atoms with Crippen LogP contribution in [0, 0.1) is 0 Å². The maximum absolute atomic E-state index is 12.4. The Morgan fingerprint density at radius 2 is 1.73 bits per heavy atom. The first-order valence-corrected chi connectivity index (χ1v) is 10.7. The molecule has 0 saturated heterocycles. The second kappa shape index (κ2) is 10.4. The van der Waals surface area contributed by atoms with Crippen LogP contribution in [0.5, 0.6) is 5.75 Å². The summed E-state index contributed by atoms with van der Waals surface area (Å²) >= 11 is 1.33. The average molecular weight is 465 g/mol. The van der Waals surface area contributed by atoms with Crippen molar-refractivity contribution in [2.45, 2.75) is 12.6 Å². The van der Waals surface area contributed by atoms with E-state index in [9.17, 15) is 4.79 Å². The van der Waals surface area contributed by atoms with Crippen LogP contribution >= 0.6 is 11.8 Å². The first-order valence-electron chi connectivity index (χ1n) is 9.92. The fourth-order valence-corrected chi connectivity index (χ4v) is 4.24. The number of thioether (sulfide) groups is 1. The Labute approximate surface area is 216 Å². The van der Waals surface area contributed by atoms with Crippen molar-refractivity contribution in [2.75, 3.05) is 12.4 Å². The molecule has 0 aliphatic carbocycles. The minimum absolute atomic E-state index is 0. The number of benzene rings is 3. The van der Waals surface area contributed by atoms with E-state index in [0.29, 0.717) is 16.5 Å². The van der Waals surface area contributed by atoms with Crippen LogP contribution in [-0.4, -0.2) is 53.9 Å². The summed E-state index contributed by atoms with van der Waals surface area (Å²) in [7, 11) is 1.65. The van der Waals surface area contributed by atoms with Crippen molar-refractivity contribution in [1.82, 2.24) is 0 Å². The monoisotopic (exact) mass is 465 g/mol. The maximum atomic E-state index is 12.4. The summed E-state index contributed by atoms with van der Waals surface area (Å²) in [5.41, 5.74) is 2.87. The molecule has 3 aromatic carbocycles. The van der Waals surface area contributed by atoms with Gasteiger partial charge in [0, 0.05) is 41.7 Å². The zero-order valence-electron chi connectivity index (χ0n) is 18.1. The number of nitrogens with zero attached hydrogens (tertiary/aromatic N) is 5. The van der Waals surface area contributed by atoms with Crippen LogP contribution in [0.4, 0.5) is 5.69 Å². The van der Waals surface area contributed by atoms with E-state index >= 15 is 0 Å². The zero-order chi connectivity index (χ0) is 21.9. The summed E-state index contributed by atoms with van der Waals surface area (Å²) in [6.07, 6.45) is 2.27. The van der Waals surface area contributed by atoms with Crippen LogP contribution in [0.3, 0.4) is 0 Å². The molecule has 0 fully saturated rings. The van der Waals surface area contributed by atoms with E-state index < -0.39 is 0 Å². The van der Waals surface area contributed by atoms with E-state index in [1.807, 2.05) is 66.7 Å². The Bertz CT molecular complexity index is 1310. The molecule has 10 heteroatoms. The number of carbonyl (C=O) groups is 1. The van der Waals surface area contributed by atoms with Crippen molar-refractivity contribution >= 4 is 74.9 Å². The number of ether oxygens (including phenoxy) is 1. The Morgan fingerprint density at radius 3 is 2.48 bits per heavy atom. The standard InChI is InChI=1S/C23H18N6O2S.Na/c1-31-19-9-6-16-10-15(2-5-17(16)13-19)11-20-22(30)25-23(32-20)24-18-7-3-14(4-8-18)12-21-26-28-29-27-21;/h2-11,13,21H,12H2,1H3,(H,24,25,30);. The molecule has 5 rings (SSSR count). The zero-order valence-corrected chi connectivity index (χ0v) is 20.9. The number of amides is 1. The van der Waals surface area contributed by atoms with Crippen molar-refractivity contribution < 1.29 is 9.53 Å². The predicted octanol–water partition coefficient (Wildman–Crippen LogP) is 5.25. The van der Waals surface area contributed by atoms with E-state index in [4.69, 9.17) is 4.74 Å². The van der Waals surface area contributed by atoms with Crippen LogP contribution < -0.4 is 10.1 Å². The molecule has 1 radical (unpaired) electrons. The molecule has 0 unspecified atom stereocenters. The van der Waals surface area contributed by atoms with Crippen molar-refractivity contribution in [3.05, 3.63) is 76.7 Å². The van der Waals surface area contributed by atoms with Gasteiger partial charge in [0.05, 0.1) is 12.0 Å². The van der Waals surface area contributed by atoms with Crippen molar-refractivity contribution in [3.8, 4) is 5.75 Å². The summed E-state index contributed by atoms with van der Waals surface area (Å²) in [5, 5.41) is 20.8. The van der Waals surface area contributed by atoms with Gasteiger partial charge in [-0.1, -0.05) is 30.3 Å². The quantitative estimate of drug-likeness (QED) is 0.411. The number of aliphatic imine (C=N–C) groups is 1. The van der Waals surface area contributed by atoms with Gasteiger partial charge in [-0.3, -0.25) is 4.79 Å². The van der Waals surface area contributed by atoms with Gasteiger partial charge in [-0.05, 0) is 80.5 Å². The Morgan fingerprint density at radius 1 is 1.00 bits per heavy atom. The molecule has 0 aromatic heterocycles. The average Bonchev–Trinajstić information content (AvgIpc) is 3.44. The van der Waals surface area contributed by atoms with Gasteiger partial charge in [0.2, 0.25) is 0 Å². The summed E-state index contributed by atoms with van der Waals surface area (Å²) < 4.78 is 5.27. The van der Waals surface area contributed by atoms with Gasteiger partial charge >= 0.3 is 0 Å². The molecular weight excluding hydrogens is 447 g/mol. The third kappa shape index (κ3) is 5.56. The number of carbonyl (C=O) groups excluding carboxylic acids is 1. The predicted molar refractivity (Wildman–Crippen MR) is 132 cm³/mol. The van der Waals surface area contributed by atoms with E-state index in [-0.39, 0.29) is 41.6 Å². The van der Waals surface area contributed by atoms with Gasteiger partial charge in [-0.25, -0.2) is 0 Å². The SMILES string of the molecule is COc1ccc2cc(C=C3SC(Nc4ccc(CC5N=NN=N5)cc4)=NC3=O)ccc2c1.[Na]. The number of hydrogen-bond acceptors (Lipinski definition) is 8. The van der Waals surface area contributed by atoms with Gasteiger partial charge in [-0.15, -0.1) is 10.2 Å². The molecule has 0 bridgehead atoms. The minimum atomic E-state index is -0.249. The third-order valence-electron chi connectivity index (χ3n) is 5.02. The van der Waals surface area contributed by atoms with Crippen LogP contribution in [0.2, 0.25) is 0 Å². The summed E-state index contributed by atoms with van der Waals surface area (Å²) in [6.45, 7) is 0. The summed E-state index contributed by atoms with van der Waals surface area (Å²) in [4.78, 5) is 17.1. The fraction of sp³-hybridized carbons (Fsp3) is 0.130. The number of fused-ring (bicyclic) bond motifs is 1. The fourth-order valence-electron chi connectivity index (χ4n) is 3.40. The molecule has 159 valence electrons. The molecule has 1 amide bonds. The molecular formula is C23H18N6NaO2S. The molecule has 33 heavy (non-hydrogen) atoms. The Kier molecular flexibility index (Phi) is 7.34. The van der Waals surface area contributed by atoms with Crippen LogP contribution in [0.15, 0.2) is 91.2 Å². The van der Waals surface area contributed by atoms with Crippen LogP contribution in [0.1, 0.15) is 11.1 Å². The number of methoxy groups -OCH3 is 1. The van der Waals surface area contributed by atoms with Gasteiger partial charge in [0.1, 0.15) is 5.75 Å². The van der Waals surface area contributed by atoms with E-state index in [1.54, 1.807) is 7.11 Å². The number of amidine groups is 1. The van der Waals surface area contributed by atoms with Gasteiger partial charge in [0.25, 0.3) is 5.91 Å². The summed E-state index contributed by atoms with van der Waals surface area (Å²) in [6, 6.07) is 19.8. The molecule has 2 heterocycles. The molecule has 0 saturated carbocycles. The molecule has 3 aromatic rings. The maximum Gasteiger partial charge on any atom is 0.286 e. The van der Waals surface area contributed by atoms with Crippen LogP contribution in [-0.2, 0) is 11.2 Å². The first-order chi connectivity index (χ1) is 15.7. The second-order valence-electron chi connectivity index (χ2n) is 7.22. The molecule has 0 spiro atoms. The van der Waals surface area contributed by atoms with Gasteiger partial charge in [0.15, 0.2) is 11.3 Å². The molecule has 0 atom stereocenters. The molecule has 2 aliphatic rings. The smallest absolute Gasteiger partial charge is 0.286 e. The van der Waals surface area contributed by atoms with Crippen molar-refractivity contribution in [3.63, 3.8) is 0 Å². The Hall–Kier alpha value is -2.85. The molecule has 8 nitrogen and oxygen atoms in total. The van der Waals surface area contributed by atoms with E-state index in [0.717, 1.165) is 33.3 Å². The van der Waals surface area contributed by atoms with E-state index in [2.05, 4.69) is 31.0 Å². The largest absolute Gasteiger partial charge is 0.497 e. The normalized spacial score (nSPS) is 16.3. The number of hydrogen-bond donors (Lipinski definition) is 1. The number of nitrogens with one attached hydrogen (secondary N) is 1.